The van der Waals surface area contributed by atoms with Crippen molar-refractivity contribution >= 4 is 12.0 Å². The molecule has 5 nitrogen and oxygen atoms in total. The van der Waals surface area contributed by atoms with Gasteiger partial charge in [-0.05, 0) is 74.2 Å². The van der Waals surface area contributed by atoms with Crippen molar-refractivity contribution in [1.29, 1.82) is 0 Å². The molecule has 0 spiro atoms. The fraction of sp³-hybridized carbons (Fsp3) is 0.310. The monoisotopic (exact) mass is 507 g/mol. The van der Waals surface area contributed by atoms with Crippen LogP contribution in [-0.2, 0) is 18.3 Å². The Balaban J connectivity index is 1.81. The number of nitrogens with zero attached hydrogens (tertiary/aromatic N) is 3. The topological polar surface area (TPSA) is 58.4 Å². The summed E-state index contributed by atoms with van der Waals surface area (Å²) in [6.45, 7) is 4.77. The van der Waals surface area contributed by atoms with E-state index in [1.165, 1.54) is 13.8 Å². The van der Waals surface area contributed by atoms with E-state index in [0.29, 0.717) is 12.0 Å². The van der Waals surface area contributed by atoms with Gasteiger partial charge in [0.05, 0.1) is 17.8 Å². The molecule has 2 aromatic carbocycles. The average Bonchev–Trinajstić information content (AvgIpc) is 3.22. The summed E-state index contributed by atoms with van der Waals surface area (Å²) in [4.78, 5) is 12.6. The minimum absolute atomic E-state index is 0.0274. The normalized spacial score (nSPS) is 17.9. The first-order chi connectivity index (χ1) is 17.4. The third-order valence-corrected chi connectivity index (χ3v) is 6.26. The number of carboxylic acids is 1. The zero-order valence-electron chi connectivity index (χ0n) is 21.1. The second kappa shape index (κ2) is 10.3. The highest BCUT2D eigenvalue weighted by Gasteiger charge is 2.39. The van der Waals surface area contributed by atoms with E-state index in [0.717, 1.165) is 41.0 Å². The third-order valence-electron chi connectivity index (χ3n) is 6.26. The Bertz CT molecular complexity index is 1400. The Morgan fingerprint density at radius 1 is 1.19 bits per heavy atom. The number of aryl methyl sites for hydroxylation is 1. The zero-order valence-corrected chi connectivity index (χ0v) is 21.1. The van der Waals surface area contributed by atoms with Gasteiger partial charge in [0.2, 0.25) is 0 Å². The minimum Gasteiger partial charge on any atom is -0.478 e. The molecule has 8 heteroatoms. The molecule has 192 valence electrons. The first-order valence-electron chi connectivity index (χ1n) is 11.9. The van der Waals surface area contributed by atoms with Gasteiger partial charge < -0.3 is 5.11 Å². The summed E-state index contributed by atoms with van der Waals surface area (Å²) in [6, 6.07) is 6.64. The second-order valence-electron chi connectivity index (χ2n) is 9.98. The molecule has 0 unspecified atom stereocenters. The number of carboxylic acid groups (broad SMARTS) is 1. The van der Waals surface area contributed by atoms with Crippen LogP contribution in [-0.4, -0.2) is 44.0 Å². The molecular formula is C29H28F3N3O2. The largest absolute Gasteiger partial charge is 0.478 e. The van der Waals surface area contributed by atoms with E-state index in [9.17, 15) is 9.18 Å². The molecule has 2 atom stereocenters. The van der Waals surface area contributed by atoms with Gasteiger partial charge in [0, 0.05) is 43.0 Å². The Kier molecular flexibility index (Phi) is 7.28. The highest BCUT2D eigenvalue weighted by Crippen LogP contribution is 2.41. The van der Waals surface area contributed by atoms with Crippen molar-refractivity contribution < 1.29 is 23.1 Å². The number of hydrogen-bond acceptors (Lipinski definition) is 3. The predicted molar refractivity (Wildman–Crippen MR) is 136 cm³/mol. The van der Waals surface area contributed by atoms with Crippen molar-refractivity contribution in [3.63, 3.8) is 0 Å². The summed E-state index contributed by atoms with van der Waals surface area (Å²) in [5.74, 6) is 3.31. The molecule has 3 aromatic rings. The number of benzene rings is 2. The van der Waals surface area contributed by atoms with Gasteiger partial charge in [-0.1, -0.05) is 17.9 Å². The molecule has 37 heavy (non-hydrogen) atoms. The predicted octanol–water partition coefficient (Wildman–Crippen LogP) is 5.28. The molecule has 1 aromatic heterocycles. The second-order valence-corrected chi connectivity index (χ2v) is 9.98. The molecule has 0 radical (unpaired) electrons. The van der Waals surface area contributed by atoms with E-state index in [1.807, 2.05) is 20.0 Å². The molecular weight excluding hydrogens is 479 g/mol. The summed E-state index contributed by atoms with van der Waals surface area (Å²) >= 11 is 0. The van der Waals surface area contributed by atoms with Gasteiger partial charge in [-0.3, -0.25) is 9.58 Å². The minimum atomic E-state index is -1.60. The number of fused-ring (bicyclic) bond motifs is 1. The molecule has 0 fully saturated rings. The van der Waals surface area contributed by atoms with Crippen molar-refractivity contribution in [2.45, 2.75) is 44.9 Å². The van der Waals surface area contributed by atoms with E-state index >= 15 is 8.78 Å². The number of aromatic nitrogens is 2. The Morgan fingerprint density at radius 2 is 1.86 bits per heavy atom. The van der Waals surface area contributed by atoms with Crippen LogP contribution in [0.3, 0.4) is 0 Å². The molecule has 0 saturated carbocycles. The highest BCUT2D eigenvalue weighted by molar-refractivity contribution is 5.85. The van der Waals surface area contributed by atoms with E-state index in [4.69, 9.17) is 5.11 Å². The van der Waals surface area contributed by atoms with Crippen LogP contribution in [0.15, 0.2) is 48.8 Å². The van der Waals surface area contributed by atoms with Crippen LogP contribution >= 0.6 is 0 Å². The first kappa shape index (κ1) is 26.2. The van der Waals surface area contributed by atoms with Crippen LogP contribution in [0.1, 0.15) is 60.2 Å². The smallest absolute Gasteiger partial charge is 0.328 e. The molecule has 0 saturated heterocycles. The molecule has 1 N–H and O–H groups in total. The van der Waals surface area contributed by atoms with Crippen molar-refractivity contribution in [3.8, 4) is 11.8 Å². The number of hydrogen-bond donors (Lipinski definition) is 1. The average molecular weight is 508 g/mol. The number of alkyl halides is 1. The highest BCUT2D eigenvalue weighted by atomic mass is 19.1. The lowest BCUT2D eigenvalue weighted by Crippen LogP contribution is -2.48. The molecule has 1 aliphatic heterocycles. The maximum atomic E-state index is 15.5. The summed E-state index contributed by atoms with van der Waals surface area (Å²) < 4.78 is 47.5. The van der Waals surface area contributed by atoms with E-state index in [2.05, 4.69) is 16.9 Å². The zero-order chi connectivity index (χ0) is 26.9. The van der Waals surface area contributed by atoms with Crippen LogP contribution in [0.4, 0.5) is 13.2 Å². The standard InChI is InChI=1S/C29H28F3N3O2/c1-18-11-22-12-19(5-6-21-15-33-34(4)16-21)7-9-23(22)28(35(18)17-29(2,3)32)27-24(30)13-20(14-25(27)31)8-10-26(36)37/h7-10,12-16,18,28H,11,17H2,1-4H3,(H,36,37)/b10-8+/t18-,28+/m0/s1. The van der Waals surface area contributed by atoms with E-state index < -0.39 is 29.3 Å². The van der Waals surface area contributed by atoms with Gasteiger partial charge in [0.15, 0.2) is 0 Å². The van der Waals surface area contributed by atoms with E-state index in [1.54, 1.807) is 34.1 Å². The molecule has 2 heterocycles. The number of rotatable bonds is 5. The summed E-state index contributed by atoms with van der Waals surface area (Å²) in [5, 5.41) is 13.0. The fourth-order valence-corrected chi connectivity index (χ4v) is 4.76. The van der Waals surface area contributed by atoms with Crippen LogP contribution < -0.4 is 0 Å². The van der Waals surface area contributed by atoms with Crippen LogP contribution in [0, 0.1) is 23.5 Å². The van der Waals surface area contributed by atoms with Crippen molar-refractivity contribution in [3.05, 3.63) is 93.8 Å². The maximum Gasteiger partial charge on any atom is 0.328 e. The van der Waals surface area contributed by atoms with Crippen LogP contribution in [0.25, 0.3) is 6.08 Å². The van der Waals surface area contributed by atoms with Crippen molar-refractivity contribution in [1.82, 2.24) is 14.7 Å². The quantitative estimate of drug-likeness (QED) is 0.377. The molecule has 0 aliphatic carbocycles. The number of aliphatic carboxylic acids is 1. The van der Waals surface area contributed by atoms with Gasteiger partial charge in [0.1, 0.15) is 17.3 Å². The Hall–Kier alpha value is -3.83. The summed E-state index contributed by atoms with van der Waals surface area (Å²) in [7, 11) is 1.81. The van der Waals surface area contributed by atoms with Crippen molar-refractivity contribution in [2.24, 2.45) is 7.05 Å². The van der Waals surface area contributed by atoms with Crippen LogP contribution in [0.5, 0.6) is 0 Å². The lowest BCUT2D eigenvalue weighted by atomic mass is 9.83. The first-order valence-corrected chi connectivity index (χ1v) is 11.9. The van der Waals surface area contributed by atoms with Gasteiger partial charge in [0.25, 0.3) is 0 Å². The number of halogens is 3. The fourth-order valence-electron chi connectivity index (χ4n) is 4.76. The molecule has 0 amide bonds. The molecule has 1 aliphatic rings. The maximum absolute atomic E-state index is 15.5. The van der Waals surface area contributed by atoms with Crippen molar-refractivity contribution in [2.75, 3.05) is 6.54 Å². The SMILES string of the molecule is C[C@H]1Cc2cc(C#Cc3cnn(C)c3)ccc2[C@H](c2c(F)cc(/C=C/C(=O)O)cc2F)N1CC(C)(C)F. The van der Waals surface area contributed by atoms with Gasteiger partial charge in [-0.25, -0.2) is 18.0 Å². The van der Waals surface area contributed by atoms with E-state index in [-0.39, 0.29) is 23.7 Å². The van der Waals surface area contributed by atoms with Gasteiger partial charge >= 0.3 is 5.97 Å². The molecule has 0 bridgehead atoms. The summed E-state index contributed by atoms with van der Waals surface area (Å²) in [6.07, 6.45) is 5.98. The van der Waals surface area contributed by atoms with Gasteiger partial charge in [-0.2, -0.15) is 5.10 Å². The lowest BCUT2D eigenvalue weighted by Gasteiger charge is -2.44. The Labute approximate surface area is 214 Å². The lowest BCUT2D eigenvalue weighted by molar-refractivity contribution is -0.131. The van der Waals surface area contributed by atoms with Gasteiger partial charge in [-0.15, -0.1) is 0 Å². The third kappa shape index (κ3) is 6.12. The van der Waals surface area contributed by atoms with Crippen LogP contribution in [0.2, 0.25) is 0 Å². The number of carbonyl (C=O) groups is 1. The molecule has 4 rings (SSSR count). The summed E-state index contributed by atoms with van der Waals surface area (Å²) in [5.41, 5.74) is 1.38. The Morgan fingerprint density at radius 3 is 2.46 bits per heavy atom.